The first-order valence-corrected chi connectivity index (χ1v) is 8.42. The molecule has 23 heavy (non-hydrogen) atoms. The molecule has 0 spiro atoms. The number of hydrazone groups is 1. The van der Waals surface area contributed by atoms with Crippen LogP contribution in [0.3, 0.4) is 0 Å². The quantitative estimate of drug-likeness (QED) is 0.644. The van der Waals surface area contributed by atoms with E-state index in [0.717, 1.165) is 11.3 Å². The number of halogens is 1. The van der Waals surface area contributed by atoms with Gasteiger partial charge in [0.15, 0.2) is 0 Å². The maximum Gasteiger partial charge on any atom is 0.250 e. The Morgan fingerprint density at radius 2 is 1.78 bits per heavy atom. The molecule has 0 heterocycles. The minimum absolute atomic E-state index is 0.149. The van der Waals surface area contributed by atoms with Crippen LogP contribution in [0.4, 0.5) is 4.39 Å². The average Bonchev–Trinajstić information content (AvgIpc) is 2.55. The molecule has 120 valence electrons. The molecule has 5 heteroatoms. The molecule has 0 saturated heterocycles. The van der Waals surface area contributed by atoms with Crippen LogP contribution in [0.1, 0.15) is 23.6 Å². The molecule has 2 aromatic carbocycles. The normalized spacial score (nSPS) is 11.3. The Hall–Kier alpha value is -2.14. The lowest BCUT2D eigenvalue weighted by molar-refractivity contribution is -0.118. The molecule has 0 atom stereocenters. The van der Waals surface area contributed by atoms with Gasteiger partial charge in [0.25, 0.3) is 0 Å². The summed E-state index contributed by atoms with van der Waals surface area (Å²) in [4.78, 5) is 11.8. The van der Waals surface area contributed by atoms with E-state index in [2.05, 4.69) is 34.8 Å². The molecule has 0 aromatic heterocycles. The van der Waals surface area contributed by atoms with Gasteiger partial charge in [0.05, 0.1) is 11.5 Å². The summed E-state index contributed by atoms with van der Waals surface area (Å²) in [5.74, 6) is 0.685. The molecular weight excluding hydrogens is 311 g/mol. The molecule has 0 bridgehead atoms. The van der Waals surface area contributed by atoms with Crippen LogP contribution in [0, 0.1) is 12.7 Å². The second-order valence-corrected chi connectivity index (χ2v) is 6.20. The van der Waals surface area contributed by atoms with Gasteiger partial charge < -0.3 is 0 Å². The largest absolute Gasteiger partial charge is 0.272 e. The standard InChI is InChI=1S/C18H19FN2OS/c1-13-3-5-15(6-4-13)11-23-12-18(22)21-20-14(2)16-7-9-17(19)10-8-16/h3-10H,11-12H2,1-2H3,(H,21,22)/b20-14-. The number of hydrogen-bond donors (Lipinski definition) is 1. The number of nitrogens with zero attached hydrogens (tertiary/aromatic N) is 1. The highest BCUT2D eigenvalue weighted by Gasteiger charge is 2.03. The van der Waals surface area contributed by atoms with Crippen molar-refractivity contribution in [1.82, 2.24) is 5.43 Å². The van der Waals surface area contributed by atoms with Crippen LogP contribution in [0.5, 0.6) is 0 Å². The molecule has 0 aliphatic rings. The van der Waals surface area contributed by atoms with Crippen molar-refractivity contribution in [2.45, 2.75) is 19.6 Å². The smallest absolute Gasteiger partial charge is 0.250 e. The van der Waals surface area contributed by atoms with Crippen LogP contribution in [-0.4, -0.2) is 17.4 Å². The molecule has 0 fully saturated rings. The van der Waals surface area contributed by atoms with Crippen LogP contribution in [-0.2, 0) is 10.5 Å². The summed E-state index contributed by atoms with van der Waals surface area (Å²) < 4.78 is 12.9. The number of amides is 1. The van der Waals surface area contributed by atoms with E-state index in [0.29, 0.717) is 11.5 Å². The van der Waals surface area contributed by atoms with Crippen LogP contribution in [0.15, 0.2) is 53.6 Å². The first-order chi connectivity index (χ1) is 11.0. The van der Waals surface area contributed by atoms with Gasteiger partial charge in [0.2, 0.25) is 5.91 Å². The third-order valence-corrected chi connectivity index (χ3v) is 4.24. The topological polar surface area (TPSA) is 41.5 Å². The fourth-order valence-electron chi connectivity index (χ4n) is 1.88. The van der Waals surface area contributed by atoms with Crippen LogP contribution >= 0.6 is 11.8 Å². The molecule has 2 rings (SSSR count). The SMILES string of the molecule is C/C(=N/NC(=O)CSCc1ccc(C)cc1)c1ccc(F)cc1. The first-order valence-electron chi connectivity index (χ1n) is 7.27. The van der Waals surface area contributed by atoms with Gasteiger partial charge in [-0.05, 0) is 37.1 Å². The van der Waals surface area contributed by atoms with Crippen LogP contribution in [0.2, 0.25) is 0 Å². The molecule has 1 amide bonds. The second kappa shape index (κ2) is 8.48. The predicted octanol–water partition coefficient (Wildman–Crippen LogP) is 3.91. The zero-order valence-electron chi connectivity index (χ0n) is 13.2. The Morgan fingerprint density at radius 3 is 2.43 bits per heavy atom. The number of benzene rings is 2. The van der Waals surface area contributed by atoms with Crippen molar-refractivity contribution in [2.24, 2.45) is 5.10 Å². The third kappa shape index (κ3) is 5.87. The predicted molar refractivity (Wildman–Crippen MR) is 94.1 cm³/mol. The van der Waals surface area contributed by atoms with Crippen LogP contribution in [0.25, 0.3) is 0 Å². The molecule has 1 N–H and O–H groups in total. The van der Waals surface area contributed by atoms with Gasteiger partial charge in [0, 0.05) is 5.75 Å². The highest BCUT2D eigenvalue weighted by Crippen LogP contribution is 2.12. The van der Waals surface area contributed by atoms with E-state index < -0.39 is 0 Å². The van der Waals surface area contributed by atoms with Crippen molar-refractivity contribution < 1.29 is 9.18 Å². The molecule has 0 aliphatic heterocycles. The number of carbonyl (C=O) groups excluding carboxylic acids is 1. The lowest BCUT2D eigenvalue weighted by Gasteiger charge is -2.04. The minimum atomic E-state index is -0.293. The minimum Gasteiger partial charge on any atom is -0.272 e. The van der Waals surface area contributed by atoms with Crippen molar-refractivity contribution in [3.8, 4) is 0 Å². The van der Waals surface area contributed by atoms with Gasteiger partial charge in [-0.15, -0.1) is 11.8 Å². The Labute approximate surface area is 140 Å². The van der Waals surface area contributed by atoms with Crippen LogP contribution < -0.4 is 5.43 Å². The third-order valence-electron chi connectivity index (χ3n) is 3.23. The van der Waals surface area contributed by atoms with E-state index in [9.17, 15) is 9.18 Å². The van der Waals surface area contributed by atoms with E-state index in [4.69, 9.17) is 0 Å². The molecule has 3 nitrogen and oxygen atoms in total. The fraction of sp³-hybridized carbons (Fsp3) is 0.222. The monoisotopic (exact) mass is 330 g/mol. The van der Waals surface area contributed by atoms with Crippen molar-refractivity contribution in [1.29, 1.82) is 0 Å². The molecule has 2 aromatic rings. The summed E-state index contributed by atoms with van der Waals surface area (Å²) in [5, 5.41) is 4.04. The van der Waals surface area contributed by atoms with E-state index in [1.165, 1.54) is 35.0 Å². The van der Waals surface area contributed by atoms with Gasteiger partial charge in [-0.1, -0.05) is 42.0 Å². The molecule has 0 unspecified atom stereocenters. The summed E-state index contributed by atoms with van der Waals surface area (Å²) in [6.07, 6.45) is 0. The Kier molecular flexibility index (Phi) is 6.35. The van der Waals surface area contributed by atoms with Gasteiger partial charge in [-0.25, -0.2) is 9.82 Å². The Bertz CT molecular complexity index is 681. The summed E-state index contributed by atoms with van der Waals surface area (Å²) in [6, 6.07) is 14.3. The van der Waals surface area contributed by atoms with Crippen molar-refractivity contribution >= 4 is 23.4 Å². The highest BCUT2D eigenvalue weighted by atomic mass is 32.2. The summed E-state index contributed by atoms with van der Waals surface area (Å²) in [7, 11) is 0. The highest BCUT2D eigenvalue weighted by molar-refractivity contribution is 7.99. The summed E-state index contributed by atoms with van der Waals surface area (Å²) in [5.41, 5.74) is 6.36. The number of carbonyl (C=O) groups is 1. The van der Waals surface area contributed by atoms with E-state index in [1.807, 2.05) is 6.92 Å². The number of aryl methyl sites for hydroxylation is 1. The molecule has 0 saturated carbocycles. The maximum absolute atomic E-state index is 12.9. The van der Waals surface area contributed by atoms with E-state index >= 15 is 0 Å². The van der Waals surface area contributed by atoms with Gasteiger partial charge in [0.1, 0.15) is 5.82 Å². The second-order valence-electron chi connectivity index (χ2n) is 5.22. The summed E-state index contributed by atoms with van der Waals surface area (Å²) >= 11 is 1.54. The number of rotatable bonds is 6. The first kappa shape index (κ1) is 17.2. The molecular formula is C18H19FN2OS. The average molecular weight is 330 g/mol. The number of nitrogens with one attached hydrogen (secondary N) is 1. The van der Waals surface area contributed by atoms with Crippen molar-refractivity contribution in [2.75, 3.05) is 5.75 Å². The summed E-state index contributed by atoms with van der Waals surface area (Å²) in [6.45, 7) is 3.82. The number of hydrogen-bond acceptors (Lipinski definition) is 3. The number of thioether (sulfide) groups is 1. The van der Waals surface area contributed by atoms with Gasteiger partial charge in [-0.2, -0.15) is 5.10 Å². The lowest BCUT2D eigenvalue weighted by Crippen LogP contribution is -2.21. The Morgan fingerprint density at radius 1 is 1.13 bits per heavy atom. The lowest BCUT2D eigenvalue weighted by atomic mass is 10.1. The van der Waals surface area contributed by atoms with Crippen molar-refractivity contribution in [3.05, 3.63) is 71.0 Å². The van der Waals surface area contributed by atoms with Gasteiger partial charge in [-0.3, -0.25) is 4.79 Å². The van der Waals surface area contributed by atoms with Crippen molar-refractivity contribution in [3.63, 3.8) is 0 Å². The molecule has 0 radical (unpaired) electrons. The molecule has 0 aliphatic carbocycles. The zero-order valence-corrected chi connectivity index (χ0v) is 14.0. The van der Waals surface area contributed by atoms with Gasteiger partial charge >= 0.3 is 0 Å². The fourth-order valence-corrected chi connectivity index (χ4v) is 2.66. The van der Waals surface area contributed by atoms with E-state index in [1.54, 1.807) is 19.1 Å². The van der Waals surface area contributed by atoms with E-state index in [-0.39, 0.29) is 11.7 Å². The Balaban J connectivity index is 1.77. The maximum atomic E-state index is 12.9. The zero-order chi connectivity index (χ0) is 16.7.